The minimum absolute atomic E-state index is 0.0172. The van der Waals surface area contributed by atoms with Crippen LogP contribution in [0.15, 0.2) is 94.7 Å². The Morgan fingerprint density at radius 2 is 1.29 bits per heavy atom. The van der Waals surface area contributed by atoms with Crippen molar-refractivity contribution in [1.82, 2.24) is 9.03 Å². The average Bonchev–Trinajstić information content (AvgIpc) is 3.17. The zero-order valence-corrected chi connectivity index (χ0v) is 22.6. The van der Waals surface area contributed by atoms with Gasteiger partial charge in [0.25, 0.3) is 0 Å². The van der Waals surface area contributed by atoms with Gasteiger partial charge in [-0.1, -0.05) is 60.7 Å². The highest BCUT2D eigenvalue weighted by atomic mass is 32.2. The smallest absolute Gasteiger partial charge is 0.243 e. The van der Waals surface area contributed by atoms with Crippen LogP contribution in [-0.4, -0.2) is 71.4 Å². The lowest BCUT2D eigenvalue weighted by Gasteiger charge is -2.29. The molecule has 4 aromatic carbocycles. The van der Waals surface area contributed by atoms with Crippen molar-refractivity contribution in [2.24, 2.45) is 0 Å². The van der Waals surface area contributed by atoms with Crippen LogP contribution in [0.25, 0.3) is 21.5 Å². The third-order valence-corrected chi connectivity index (χ3v) is 11.7. The minimum Gasteiger partial charge on any atom is -0.390 e. The first kappa shape index (κ1) is 26.7. The molecule has 4 aromatic rings. The molecule has 1 saturated heterocycles. The number of hydrogen-bond donors (Lipinski definition) is 2. The van der Waals surface area contributed by atoms with E-state index in [0.717, 1.165) is 20.5 Å². The summed E-state index contributed by atoms with van der Waals surface area (Å²) in [5, 5.41) is 13.6. The molecule has 1 aliphatic heterocycles. The summed E-state index contributed by atoms with van der Waals surface area (Å²) in [4.78, 5) is -0.0614. The predicted molar refractivity (Wildman–Crippen MR) is 145 cm³/mol. The monoisotopic (exact) mass is 574 g/mol. The van der Waals surface area contributed by atoms with Crippen molar-refractivity contribution in [3.05, 3.63) is 84.9 Å². The lowest BCUT2D eigenvalue weighted by Crippen LogP contribution is -2.49. The second kappa shape index (κ2) is 10.0. The van der Waals surface area contributed by atoms with Gasteiger partial charge in [-0.2, -0.15) is 4.31 Å². The Kier molecular flexibility index (Phi) is 7.05. The summed E-state index contributed by atoms with van der Waals surface area (Å²) in [6.07, 6.45) is -1.44. The molecule has 1 heterocycles. The van der Waals surface area contributed by atoms with Gasteiger partial charge in [0.1, 0.15) is 0 Å². The van der Waals surface area contributed by atoms with E-state index in [9.17, 15) is 30.4 Å². The lowest BCUT2D eigenvalue weighted by atomic mass is 10.1. The fourth-order valence-electron chi connectivity index (χ4n) is 4.72. The van der Waals surface area contributed by atoms with Crippen LogP contribution in [0, 0.1) is 0 Å². The van der Waals surface area contributed by atoms with Crippen LogP contribution >= 0.6 is 0 Å². The zero-order chi connectivity index (χ0) is 27.1. The molecule has 0 aliphatic carbocycles. The van der Waals surface area contributed by atoms with Crippen molar-refractivity contribution >= 4 is 51.4 Å². The molecule has 0 amide bonds. The summed E-state index contributed by atoms with van der Waals surface area (Å²) in [6.45, 7) is -0.704. The first-order valence-electron chi connectivity index (χ1n) is 11.8. The highest BCUT2D eigenvalue weighted by Gasteiger charge is 2.44. The van der Waals surface area contributed by atoms with Crippen LogP contribution in [0.3, 0.4) is 0 Å². The number of sulfone groups is 1. The molecule has 0 radical (unpaired) electrons. The highest BCUT2D eigenvalue weighted by molar-refractivity contribution is 7.92. The second-order valence-corrected chi connectivity index (χ2v) is 15.1. The molecule has 0 unspecified atom stereocenters. The van der Waals surface area contributed by atoms with E-state index in [1.807, 2.05) is 24.3 Å². The van der Waals surface area contributed by atoms with Crippen LogP contribution in [0.4, 0.5) is 0 Å². The quantitative estimate of drug-likeness (QED) is 0.329. The molecular formula is C26H26N2O7S3. The molecule has 38 heavy (non-hydrogen) atoms. The van der Waals surface area contributed by atoms with Crippen LogP contribution in [0.1, 0.15) is 0 Å². The highest BCUT2D eigenvalue weighted by Crippen LogP contribution is 2.27. The summed E-state index contributed by atoms with van der Waals surface area (Å²) in [5.74, 6) is -1.12. The zero-order valence-electron chi connectivity index (χ0n) is 20.1. The standard InChI is InChI=1S/C26H26N2O7S3/c29-26-18-36(30,31)17-25(26)28(38(34,35)24-12-10-20-6-2-4-8-22(20)16-24)14-13-27-37(32,33)23-11-9-19-5-1-3-7-21(19)15-23/h1-12,15-16,25-27,29H,13-14,17-18H2/t25-,26+/m1/s1. The van der Waals surface area contributed by atoms with Crippen molar-refractivity contribution in [2.75, 3.05) is 24.6 Å². The molecule has 0 bridgehead atoms. The van der Waals surface area contributed by atoms with E-state index in [-0.39, 0.29) is 22.9 Å². The Morgan fingerprint density at radius 3 is 1.84 bits per heavy atom. The molecule has 0 saturated carbocycles. The van der Waals surface area contributed by atoms with Crippen LogP contribution in [0.2, 0.25) is 0 Å². The SMILES string of the molecule is O=S1(=O)C[C@@H](N(CCNS(=O)(=O)c2ccc3ccccc3c2)S(=O)(=O)c2ccc3ccccc3c2)[C@@H](O)C1. The number of hydrogen-bond acceptors (Lipinski definition) is 7. The summed E-state index contributed by atoms with van der Waals surface area (Å²) in [7, 11) is -12.0. The second-order valence-electron chi connectivity index (χ2n) is 9.24. The normalized spacial score (nSPS) is 19.8. The van der Waals surface area contributed by atoms with Crippen molar-refractivity contribution in [3.63, 3.8) is 0 Å². The Bertz CT molecular complexity index is 1840. The van der Waals surface area contributed by atoms with Crippen molar-refractivity contribution < 1.29 is 30.4 Å². The number of nitrogens with one attached hydrogen (secondary N) is 1. The number of sulfonamides is 2. The van der Waals surface area contributed by atoms with E-state index < -0.39 is 53.5 Å². The number of benzene rings is 4. The Hall–Kier alpha value is -2.87. The Labute approximate surface area is 221 Å². The van der Waals surface area contributed by atoms with Gasteiger partial charge in [-0.15, -0.1) is 0 Å². The van der Waals surface area contributed by atoms with E-state index in [4.69, 9.17) is 0 Å². The number of nitrogens with zero attached hydrogens (tertiary/aromatic N) is 1. The van der Waals surface area contributed by atoms with Gasteiger partial charge in [-0.05, 0) is 45.8 Å². The maximum atomic E-state index is 13.7. The van der Waals surface area contributed by atoms with Gasteiger partial charge in [-0.25, -0.2) is 30.0 Å². The third kappa shape index (κ3) is 5.33. The maximum absolute atomic E-state index is 13.7. The van der Waals surface area contributed by atoms with Gasteiger partial charge in [-0.3, -0.25) is 0 Å². The number of fused-ring (bicyclic) bond motifs is 2. The molecule has 2 N–H and O–H groups in total. The van der Waals surface area contributed by atoms with E-state index in [1.54, 1.807) is 36.4 Å². The number of rotatable bonds is 8. The summed E-state index contributed by atoms with van der Waals surface area (Å²) in [6, 6.07) is 22.4. The minimum atomic E-state index is -4.30. The number of aliphatic hydroxyl groups excluding tert-OH is 1. The molecule has 5 rings (SSSR count). The van der Waals surface area contributed by atoms with E-state index in [2.05, 4.69) is 4.72 Å². The van der Waals surface area contributed by atoms with Crippen molar-refractivity contribution in [2.45, 2.75) is 21.9 Å². The molecular weight excluding hydrogens is 548 g/mol. The van der Waals surface area contributed by atoms with E-state index >= 15 is 0 Å². The average molecular weight is 575 g/mol. The molecule has 12 heteroatoms. The summed E-state index contributed by atoms with van der Waals surface area (Å²) >= 11 is 0. The lowest BCUT2D eigenvalue weighted by molar-refractivity contribution is 0.128. The molecule has 1 aliphatic rings. The van der Waals surface area contributed by atoms with E-state index in [1.165, 1.54) is 24.3 Å². The fraction of sp³-hybridized carbons (Fsp3) is 0.231. The van der Waals surface area contributed by atoms with Crippen LogP contribution < -0.4 is 4.72 Å². The number of aliphatic hydroxyl groups is 1. The maximum Gasteiger partial charge on any atom is 0.243 e. The van der Waals surface area contributed by atoms with Crippen LogP contribution in [0.5, 0.6) is 0 Å². The van der Waals surface area contributed by atoms with Gasteiger partial charge in [0.05, 0.1) is 33.4 Å². The van der Waals surface area contributed by atoms with Crippen molar-refractivity contribution in [3.8, 4) is 0 Å². The van der Waals surface area contributed by atoms with Gasteiger partial charge in [0, 0.05) is 13.1 Å². The van der Waals surface area contributed by atoms with E-state index in [0.29, 0.717) is 5.39 Å². The Balaban J connectivity index is 1.43. The van der Waals surface area contributed by atoms with Gasteiger partial charge < -0.3 is 5.11 Å². The topological polar surface area (TPSA) is 138 Å². The van der Waals surface area contributed by atoms with Crippen molar-refractivity contribution in [1.29, 1.82) is 0 Å². The first-order valence-corrected chi connectivity index (χ1v) is 16.6. The molecule has 0 spiro atoms. The molecule has 1 fully saturated rings. The largest absolute Gasteiger partial charge is 0.390 e. The van der Waals surface area contributed by atoms with Gasteiger partial charge in [0.2, 0.25) is 20.0 Å². The van der Waals surface area contributed by atoms with Crippen LogP contribution in [-0.2, 0) is 29.9 Å². The van der Waals surface area contributed by atoms with Gasteiger partial charge >= 0.3 is 0 Å². The molecule has 2 atom stereocenters. The summed E-state index contributed by atoms with van der Waals surface area (Å²) < 4.78 is 81.2. The third-order valence-electron chi connectivity index (χ3n) is 6.65. The first-order chi connectivity index (χ1) is 18.0. The molecule has 0 aromatic heterocycles. The Morgan fingerprint density at radius 1 is 0.763 bits per heavy atom. The summed E-state index contributed by atoms with van der Waals surface area (Å²) in [5.41, 5.74) is 0. The fourth-order valence-corrected chi connectivity index (χ4v) is 9.36. The van der Waals surface area contributed by atoms with Gasteiger partial charge in [0.15, 0.2) is 9.84 Å². The predicted octanol–water partition coefficient (Wildman–Crippen LogP) is 2.12. The molecule has 200 valence electrons. The molecule has 9 nitrogen and oxygen atoms in total.